The number of nitrogens with one attached hydrogen (secondary N) is 3. The van der Waals surface area contributed by atoms with Crippen molar-refractivity contribution in [2.24, 2.45) is 0 Å². The van der Waals surface area contributed by atoms with Crippen LogP contribution < -0.4 is 20.7 Å². The lowest BCUT2D eigenvalue weighted by molar-refractivity contribution is 0.155. The number of rotatable bonds is 7. The fourth-order valence-electron chi connectivity index (χ4n) is 2.85. The van der Waals surface area contributed by atoms with Crippen molar-refractivity contribution in [3.05, 3.63) is 35.9 Å². The van der Waals surface area contributed by atoms with Crippen LogP contribution in [0.2, 0.25) is 0 Å². The number of hydrogen-bond acceptors (Lipinski definition) is 7. The summed E-state index contributed by atoms with van der Waals surface area (Å²) >= 11 is 0. The van der Waals surface area contributed by atoms with Crippen LogP contribution in [0.25, 0.3) is 0 Å². The van der Waals surface area contributed by atoms with E-state index in [1.54, 1.807) is 12.1 Å². The van der Waals surface area contributed by atoms with Crippen LogP contribution in [0.15, 0.2) is 24.5 Å². The molecule has 1 aromatic heterocycles. The summed E-state index contributed by atoms with van der Waals surface area (Å²) in [6, 6.07) is 6.88. The molecule has 0 atom stereocenters. The number of benzene rings is 1. The highest BCUT2D eigenvalue weighted by Crippen LogP contribution is 2.28. The van der Waals surface area contributed by atoms with Gasteiger partial charge in [0, 0.05) is 12.2 Å². The van der Waals surface area contributed by atoms with Crippen molar-refractivity contribution in [2.45, 2.75) is 32.3 Å². The molecule has 7 nitrogen and oxygen atoms in total. The lowest BCUT2D eigenvalue weighted by atomic mass is 10.1. The third-order valence-electron chi connectivity index (χ3n) is 4.29. The molecule has 0 saturated carbocycles. The summed E-state index contributed by atoms with van der Waals surface area (Å²) in [4.78, 5) is 8.19. The van der Waals surface area contributed by atoms with E-state index in [2.05, 4.69) is 32.0 Å². The summed E-state index contributed by atoms with van der Waals surface area (Å²) in [6.07, 6.45) is 3.96. The first-order chi connectivity index (χ1) is 13.2. The molecule has 2 heterocycles. The maximum atomic E-state index is 14.4. The Bertz CT molecular complexity index is 816. The first-order valence-electron chi connectivity index (χ1n) is 9.14. The van der Waals surface area contributed by atoms with Gasteiger partial charge in [0.15, 0.2) is 11.4 Å². The van der Waals surface area contributed by atoms with Gasteiger partial charge in [-0.1, -0.05) is 6.92 Å². The molecule has 3 N–H and O–H groups in total. The predicted molar refractivity (Wildman–Crippen MR) is 102 cm³/mol. The van der Waals surface area contributed by atoms with Crippen LogP contribution >= 0.6 is 0 Å². The molecule has 0 aliphatic carbocycles. The normalized spacial score (nSPS) is 14.4. The van der Waals surface area contributed by atoms with Gasteiger partial charge in [-0.15, -0.1) is 0 Å². The number of piperidine rings is 1. The zero-order chi connectivity index (χ0) is 19.1. The molecule has 1 fully saturated rings. The van der Waals surface area contributed by atoms with Gasteiger partial charge in [-0.3, -0.25) is 0 Å². The van der Waals surface area contributed by atoms with E-state index in [0.29, 0.717) is 5.69 Å². The fraction of sp³-hybridized carbons (Fsp3) is 0.421. The van der Waals surface area contributed by atoms with Gasteiger partial charge in [0.05, 0.1) is 5.69 Å². The molecule has 0 spiro atoms. The molecule has 27 heavy (non-hydrogen) atoms. The molecular formula is C19H23FN6O. The van der Waals surface area contributed by atoms with Crippen molar-refractivity contribution < 1.29 is 9.13 Å². The van der Waals surface area contributed by atoms with Crippen LogP contribution in [0.3, 0.4) is 0 Å². The van der Waals surface area contributed by atoms with Gasteiger partial charge in [0.1, 0.15) is 24.3 Å². The Morgan fingerprint density at radius 2 is 2.15 bits per heavy atom. The van der Waals surface area contributed by atoms with Crippen molar-refractivity contribution in [1.29, 1.82) is 5.26 Å². The minimum absolute atomic E-state index is 0.00163. The van der Waals surface area contributed by atoms with Crippen LogP contribution in [0, 0.1) is 17.1 Å². The van der Waals surface area contributed by atoms with E-state index in [4.69, 9.17) is 4.74 Å². The number of hydrogen-bond donors (Lipinski definition) is 3. The van der Waals surface area contributed by atoms with E-state index >= 15 is 0 Å². The van der Waals surface area contributed by atoms with Crippen LogP contribution in [0.4, 0.5) is 21.6 Å². The minimum Gasteiger partial charge on any atom is -0.473 e. The zero-order valence-corrected chi connectivity index (χ0v) is 15.3. The van der Waals surface area contributed by atoms with Crippen LogP contribution in [0.1, 0.15) is 31.7 Å². The van der Waals surface area contributed by atoms with Gasteiger partial charge in [0.2, 0.25) is 5.88 Å². The minimum atomic E-state index is -0.431. The maximum Gasteiger partial charge on any atom is 0.237 e. The highest BCUT2D eigenvalue weighted by molar-refractivity contribution is 5.67. The van der Waals surface area contributed by atoms with Crippen molar-refractivity contribution in [3.8, 4) is 11.9 Å². The summed E-state index contributed by atoms with van der Waals surface area (Å²) in [6.45, 7) is 4.55. The third kappa shape index (κ3) is 4.83. The van der Waals surface area contributed by atoms with Crippen molar-refractivity contribution in [3.63, 3.8) is 0 Å². The van der Waals surface area contributed by atoms with E-state index in [0.717, 1.165) is 38.9 Å². The second kappa shape index (κ2) is 9.14. The highest BCUT2D eigenvalue weighted by atomic mass is 19.1. The Balaban J connectivity index is 1.78. The van der Waals surface area contributed by atoms with E-state index in [1.807, 2.05) is 6.92 Å². The van der Waals surface area contributed by atoms with Gasteiger partial charge < -0.3 is 20.7 Å². The molecule has 8 heteroatoms. The predicted octanol–water partition coefficient (Wildman–Crippen LogP) is 3.18. The number of aromatic nitrogens is 2. The van der Waals surface area contributed by atoms with Gasteiger partial charge in [-0.25, -0.2) is 14.4 Å². The molecular weight excluding hydrogens is 347 g/mol. The molecule has 1 aliphatic heterocycles. The zero-order valence-electron chi connectivity index (χ0n) is 15.3. The number of anilines is 3. The number of halogens is 1. The van der Waals surface area contributed by atoms with E-state index in [1.165, 1.54) is 12.4 Å². The largest absolute Gasteiger partial charge is 0.473 e. The quantitative estimate of drug-likeness (QED) is 0.689. The fourth-order valence-corrected chi connectivity index (χ4v) is 2.85. The third-order valence-corrected chi connectivity index (χ3v) is 4.29. The molecule has 0 unspecified atom stereocenters. The number of nitriles is 1. The molecule has 142 valence electrons. The Labute approximate surface area is 158 Å². The van der Waals surface area contributed by atoms with Crippen LogP contribution in [-0.4, -0.2) is 35.7 Å². The monoisotopic (exact) mass is 370 g/mol. The van der Waals surface area contributed by atoms with Gasteiger partial charge in [0.25, 0.3) is 0 Å². The van der Waals surface area contributed by atoms with E-state index in [9.17, 15) is 9.65 Å². The van der Waals surface area contributed by atoms with E-state index < -0.39 is 5.82 Å². The Morgan fingerprint density at radius 3 is 2.85 bits per heavy atom. The molecule has 1 saturated heterocycles. The average molecular weight is 370 g/mol. The Morgan fingerprint density at radius 1 is 1.33 bits per heavy atom. The molecule has 0 bridgehead atoms. The number of nitrogens with zero attached hydrogens (tertiary/aromatic N) is 3. The molecule has 3 rings (SSSR count). The summed E-state index contributed by atoms with van der Waals surface area (Å²) in [5, 5.41) is 18.8. The second-order valence-electron chi connectivity index (χ2n) is 6.33. The van der Waals surface area contributed by atoms with Gasteiger partial charge >= 0.3 is 0 Å². The standard InChI is InChI=1S/C19H23FN6O/c1-2-7-23-13-3-4-17(16(20)10-13)26-18-15(11-21)19(25-12-24-18)27-14-5-8-22-9-6-14/h3-4,10,12,14,22-23H,2,5-9H2,1H3,(H,24,25,26). The van der Waals surface area contributed by atoms with Crippen LogP contribution in [0.5, 0.6) is 5.88 Å². The lowest BCUT2D eigenvalue weighted by Crippen LogP contribution is -2.34. The molecule has 2 aromatic rings. The summed E-state index contributed by atoms with van der Waals surface area (Å²) in [7, 11) is 0. The van der Waals surface area contributed by atoms with Gasteiger partial charge in [-0.2, -0.15) is 5.26 Å². The Hall–Kier alpha value is -2.92. The maximum absolute atomic E-state index is 14.4. The first kappa shape index (κ1) is 18.9. The first-order valence-corrected chi connectivity index (χ1v) is 9.14. The topological polar surface area (TPSA) is 94.9 Å². The summed E-state index contributed by atoms with van der Waals surface area (Å²) < 4.78 is 20.3. The SMILES string of the molecule is CCCNc1ccc(Nc2ncnc(OC3CCNCC3)c2C#N)c(F)c1. The van der Waals surface area contributed by atoms with Gasteiger partial charge in [-0.05, 0) is 50.6 Å². The van der Waals surface area contributed by atoms with Crippen molar-refractivity contribution in [1.82, 2.24) is 15.3 Å². The average Bonchev–Trinajstić information content (AvgIpc) is 2.69. The second-order valence-corrected chi connectivity index (χ2v) is 6.33. The van der Waals surface area contributed by atoms with Crippen LogP contribution in [-0.2, 0) is 0 Å². The van der Waals surface area contributed by atoms with E-state index in [-0.39, 0.29) is 29.1 Å². The number of ether oxygens (including phenoxy) is 1. The molecule has 1 aromatic carbocycles. The summed E-state index contributed by atoms with van der Waals surface area (Å²) in [5.41, 5.74) is 1.11. The Kier molecular flexibility index (Phi) is 6.39. The highest BCUT2D eigenvalue weighted by Gasteiger charge is 2.20. The van der Waals surface area contributed by atoms with Crippen molar-refractivity contribution >= 4 is 17.2 Å². The lowest BCUT2D eigenvalue weighted by Gasteiger charge is -2.23. The molecule has 0 amide bonds. The smallest absolute Gasteiger partial charge is 0.237 e. The van der Waals surface area contributed by atoms with Crippen molar-refractivity contribution in [2.75, 3.05) is 30.3 Å². The molecule has 0 radical (unpaired) electrons. The summed E-state index contributed by atoms with van der Waals surface area (Å²) in [5.74, 6) is 0.0209. The molecule has 1 aliphatic rings.